The van der Waals surface area contributed by atoms with E-state index in [0.29, 0.717) is 18.9 Å². The normalized spacial score (nSPS) is 19.1. The molecule has 0 radical (unpaired) electrons. The third-order valence-electron chi connectivity index (χ3n) is 3.04. The van der Waals surface area contributed by atoms with Crippen LogP contribution in [0.4, 0.5) is 5.69 Å². The number of rotatable bonds is 3. The topological polar surface area (TPSA) is 73.6 Å². The summed E-state index contributed by atoms with van der Waals surface area (Å²) >= 11 is 0. The summed E-state index contributed by atoms with van der Waals surface area (Å²) in [6, 6.07) is 7.25. The molecule has 0 unspecified atom stereocenters. The third kappa shape index (κ3) is 3.94. The Balaban J connectivity index is 1.84. The van der Waals surface area contributed by atoms with Gasteiger partial charge in [0.25, 0.3) is 0 Å². The Bertz CT molecular complexity index is 450. The number of hydrogen-bond donors (Lipinski definition) is 2. The fourth-order valence-electron chi connectivity index (χ4n) is 1.92. The Kier molecular flexibility index (Phi) is 4.07. The van der Waals surface area contributed by atoms with Crippen LogP contribution in [0.2, 0.25) is 0 Å². The average Bonchev–Trinajstić information content (AvgIpc) is 2.35. The van der Waals surface area contributed by atoms with Gasteiger partial charge in [0.15, 0.2) is 5.79 Å². The molecule has 0 bridgehead atoms. The van der Waals surface area contributed by atoms with Crippen LogP contribution in [0.5, 0.6) is 0 Å². The van der Waals surface area contributed by atoms with Gasteiger partial charge in [0.2, 0.25) is 5.91 Å². The second-order valence-corrected chi connectivity index (χ2v) is 5.16. The molecule has 1 aliphatic heterocycles. The second-order valence-electron chi connectivity index (χ2n) is 5.16. The third-order valence-corrected chi connectivity index (χ3v) is 3.04. The van der Waals surface area contributed by atoms with E-state index in [2.05, 4.69) is 5.32 Å². The number of anilines is 1. The molecule has 0 saturated carbocycles. The molecule has 1 heterocycles. The summed E-state index contributed by atoms with van der Waals surface area (Å²) in [6.45, 7) is 4.64. The zero-order chi connectivity index (χ0) is 13.9. The number of para-hydroxylation sites is 1. The van der Waals surface area contributed by atoms with Gasteiger partial charge in [0.1, 0.15) is 0 Å². The minimum Gasteiger partial charge on any atom is -0.398 e. The first kappa shape index (κ1) is 13.8. The van der Waals surface area contributed by atoms with Gasteiger partial charge in [-0.25, -0.2) is 0 Å². The number of carbonyl (C=O) groups excluding carboxylic acids is 1. The molecule has 5 nitrogen and oxygen atoms in total. The van der Waals surface area contributed by atoms with Gasteiger partial charge >= 0.3 is 0 Å². The number of carbonyl (C=O) groups is 1. The molecule has 3 N–H and O–H groups in total. The number of hydrogen-bond acceptors (Lipinski definition) is 4. The van der Waals surface area contributed by atoms with Gasteiger partial charge in [-0.3, -0.25) is 4.79 Å². The van der Waals surface area contributed by atoms with Crippen molar-refractivity contribution in [3.05, 3.63) is 29.8 Å². The van der Waals surface area contributed by atoms with E-state index in [1.165, 1.54) is 0 Å². The van der Waals surface area contributed by atoms with Crippen LogP contribution < -0.4 is 11.1 Å². The molecule has 1 amide bonds. The maximum atomic E-state index is 11.9. The summed E-state index contributed by atoms with van der Waals surface area (Å²) in [6.07, 6.45) is 0.270. The van der Waals surface area contributed by atoms with E-state index in [1.807, 2.05) is 32.0 Å². The zero-order valence-corrected chi connectivity index (χ0v) is 11.3. The van der Waals surface area contributed by atoms with E-state index in [4.69, 9.17) is 15.2 Å². The summed E-state index contributed by atoms with van der Waals surface area (Å²) < 4.78 is 11.0. The molecular formula is C14H20N2O3. The zero-order valence-electron chi connectivity index (χ0n) is 11.3. The van der Waals surface area contributed by atoms with E-state index in [9.17, 15) is 4.79 Å². The Hall–Kier alpha value is -1.59. The fourth-order valence-corrected chi connectivity index (χ4v) is 1.92. The van der Waals surface area contributed by atoms with Crippen LogP contribution in [0.15, 0.2) is 24.3 Å². The first-order valence-corrected chi connectivity index (χ1v) is 6.37. The highest BCUT2D eigenvalue weighted by atomic mass is 16.7. The Morgan fingerprint density at radius 1 is 1.37 bits per heavy atom. The lowest BCUT2D eigenvalue weighted by molar-refractivity contribution is -0.252. The molecule has 1 saturated heterocycles. The molecule has 1 aromatic carbocycles. The Labute approximate surface area is 113 Å². The summed E-state index contributed by atoms with van der Waals surface area (Å²) in [5.74, 6) is -0.639. The molecule has 0 aromatic heterocycles. The van der Waals surface area contributed by atoms with Crippen molar-refractivity contribution in [2.75, 3.05) is 18.9 Å². The van der Waals surface area contributed by atoms with Crippen molar-refractivity contribution in [1.82, 2.24) is 5.32 Å². The minimum absolute atomic E-state index is 0.0743. The number of nitrogen functional groups attached to an aromatic ring is 1. The number of amides is 1. The van der Waals surface area contributed by atoms with E-state index >= 15 is 0 Å². The van der Waals surface area contributed by atoms with Crippen molar-refractivity contribution in [1.29, 1.82) is 0 Å². The van der Waals surface area contributed by atoms with E-state index < -0.39 is 5.79 Å². The lowest BCUT2D eigenvalue weighted by Gasteiger charge is -2.35. The van der Waals surface area contributed by atoms with Crippen molar-refractivity contribution in [3.8, 4) is 0 Å². The quantitative estimate of drug-likeness (QED) is 0.801. The molecule has 19 heavy (non-hydrogen) atoms. The summed E-state index contributed by atoms with van der Waals surface area (Å²) in [5, 5.41) is 2.89. The minimum atomic E-state index is -0.564. The maximum Gasteiger partial charge on any atom is 0.224 e. The molecular weight excluding hydrogens is 244 g/mol. The van der Waals surface area contributed by atoms with Gasteiger partial charge in [0, 0.05) is 5.69 Å². The largest absolute Gasteiger partial charge is 0.398 e. The van der Waals surface area contributed by atoms with E-state index in [-0.39, 0.29) is 18.4 Å². The monoisotopic (exact) mass is 264 g/mol. The smallest absolute Gasteiger partial charge is 0.224 e. The lowest BCUT2D eigenvalue weighted by Crippen LogP contribution is -2.50. The highest BCUT2D eigenvalue weighted by Gasteiger charge is 2.28. The Morgan fingerprint density at radius 2 is 2.00 bits per heavy atom. The molecule has 1 fully saturated rings. The van der Waals surface area contributed by atoms with Crippen LogP contribution in [0, 0.1) is 0 Å². The molecule has 104 valence electrons. The van der Waals surface area contributed by atoms with Gasteiger partial charge in [-0.1, -0.05) is 18.2 Å². The number of nitrogens with two attached hydrogens (primary N) is 1. The van der Waals surface area contributed by atoms with Gasteiger partial charge in [-0.15, -0.1) is 0 Å². The van der Waals surface area contributed by atoms with Gasteiger partial charge in [-0.2, -0.15) is 0 Å². The molecule has 0 aliphatic carbocycles. The summed E-state index contributed by atoms with van der Waals surface area (Å²) in [4.78, 5) is 11.9. The summed E-state index contributed by atoms with van der Waals surface area (Å²) in [7, 11) is 0. The molecule has 0 atom stereocenters. The predicted octanol–water partition coefficient (Wildman–Crippen LogP) is 1.08. The number of nitrogens with one attached hydrogen (secondary N) is 1. The molecule has 0 spiro atoms. The fraction of sp³-hybridized carbons (Fsp3) is 0.500. The molecule has 2 rings (SSSR count). The standard InChI is InChI=1S/C14H20N2O3/c1-14(2)18-8-11(9-19-14)16-13(17)7-10-5-3-4-6-12(10)15/h3-6,11H,7-9,15H2,1-2H3,(H,16,17). The van der Waals surface area contributed by atoms with Crippen molar-refractivity contribution in [2.24, 2.45) is 0 Å². The second kappa shape index (κ2) is 5.59. The van der Waals surface area contributed by atoms with Gasteiger partial charge < -0.3 is 20.5 Å². The van der Waals surface area contributed by atoms with Crippen molar-refractivity contribution >= 4 is 11.6 Å². The number of ether oxygens (including phenoxy) is 2. The SMILES string of the molecule is CC1(C)OCC(NC(=O)Cc2ccccc2N)CO1. The first-order valence-electron chi connectivity index (χ1n) is 6.37. The molecule has 5 heteroatoms. The highest BCUT2D eigenvalue weighted by Crippen LogP contribution is 2.17. The maximum absolute atomic E-state index is 11.9. The van der Waals surface area contributed by atoms with Crippen LogP contribution in [-0.4, -0.2) is 30.9 Å². The van der Waals surface area contributed by atoms with Crippen molar-refractivity contribution in [2.45, 2.75) is 32.1 Å². The van der Waals surface area contributed by atoms with Crippen molar-refractivity contribution < 1.29 is 14.3 Å². The van der Waals surface area contributed by atoms with E-state index in [0.717, 1.165) is 5.56 Å². The van der Waals surface area contributed by atoms with Crippen LogP contribution in [-0.2, 0) is 20.7 Å². The Morgan fingerprint density at radius 3 is 2.63 bits per heavy atom. The predicted molar refractivity (Wildman–Crippen MR) is 72.5 cm³/mol. The first-order chi connectivity index (χ1) is 8.96. The summed E-state index contributed by atoms with van der Waals surface area (Å²) in [5.41, 5.74) is 7.27. The number of benzene rings is 1. The van der Waals surface area contributed by atoms with Crippen LogP contribution in [0.25, 0.3) is 0 Å². The van der Waals surface area contributed by atoms with E-state index in [1.54, 1.807) is 6.07 Å². The molecule has 1 aliphatic rings. The van der Waals surface area contributed by atoms with Crippen molar-refractivity contribution in [3.63, 3.8) is 0 Å². The average molecular weight is 264 g/mol. The lowest BCUT2D eigenvalue weighted by atomic mass is 10.1. The van der Waals surface area contributed by atoms with Crippen LogP contribution in [0.1, 0.15) is 19.4 Å². The van der Waals surface area contributed by atoms with Gasteiger partial charge in [0.05, 0.1) is 25.7 Å². The highest BCUT2D eigenvalue weighted by molar-refractivity contribution is 5.80. The molecule has 1 aromatic rings. The van der Waals surface area contributed by atoms with Crippen LogP contribution >= 0.6 is 0 Å². The van der Waals surface area contributed by atoms with Crippen LogP contribution in [0.3, 0.4) is 0 Å². The van der Waals surface area contributed by atoms with Gasteiger partial charge in [-0.05, 0) is 25.5 Å².